The summed E-state index contributed by atoms with van der Waals surface area (Å²) < 4.78 is 5.34. The number of hydrogen-bond donors (Lipinski definition) is 3. The molecule has 1 aromatic carbocycles. The molecule has 1 aromatic rings. The van der Waals surface area contributed by atoms with Crippen LogP contribution in [0.25, 0.3) is 0 Å². The minimum atomic E-state index is -0.238. The average molecular weight is 278 g/mol. The molecular formula is C15H22N2O3. The molecule has 0 heterocycles. The van der Waals surface area contributed by atoms with Crippen molar-refractivity contribution < 1.29 is 14.6 Å². The van der Waals surface area contributed by atoms with Crippen molar-refractivity contribution in [2.75, 3.05) is 25.1 Å². The maximum absolute atomic E-state index is 11.8. The number of hydrogen-bond acceptors (Lipinski definition) is 3. The van der Waals surface area contributed by atoms with Crippen LogP contribution in [-0.4, -0.2) is 30.9 Å². The Hall–Kier alpha value is -1.59. The first kappa shape index (κ1) is 14.8. The average Bonchev–Trinajstić information content (AvgIpc) is 3.24. The molecule has 0 radical (unpaired) electrons. The standard InChI is InChI=1S/C15H22N2O3/c1-2-20-9-12-4-3-5-13(8-12)17-14(19)16-10-15(11-18)6-7-15/h3-5,8,18H,2,6-7,9-11H2,1H3,(H2,16,17,19). The van der Waals surface area contributed by atoms with Crippen LogP contribution >= 0.6 is 0 Å². The van der Waals surface area contributed by atoms with Crippen LogP contribution in [0.4, 0.5) is 10.5 Å². The van der Waals surface area contributed by atoms with E-state index < -0.39 is 0 Å². The summed E-state index contributed by atoms with van der Waals surface area (Å²) in [5.74, 6) is 0. The van der Waals surface area contributed by atoms with E-state index in [1.807, 2.05) is 31.2 Å². The number of anilines is 1. The van der Waals surface area contributed by atoms with Gasteiger partial charge >= 0.3 is 6.03 Å². The van der Waals surface area contributed by atoms with E-state index in [0.29, 0.717) is 19.8 Å². The zero-order chi connectivity index (χ0) is 14.4. The predicted molar refractivity (Wildman–Crippen MR) is 77.5 cm³/mol. The summed E-state index contributed by atoms with van der Waals surface area (Å²) in [6, 6.07) is 7.35. The highest BCUT2D eigenvalue weighted by molar-refractivity contribution is 5.89. The van der Waals surface area contributed by atoms with Gasteiger partial charge in [-0.1, -0.05) is 12.1 Å². The number of nitrogens with one attached hydrogen (secondary N) is 2. The van der Waals surface area contributed by atoms with Gasteiger partial charge in [-0.25, -0.2) is 4.79 Å². The summed E-state index contributed by atoms with van der Waals surface area (Å²) in [6.45, 7) is 3.82. The Kier molecular flexibility index (Phi) is 4.98. The molecule has 1 aliphatic carbocycles. The largest absolute Gasteiger partial charge is 0.396 e. The second-order valence-electron chi connectivity index (χ2n) is 5.30. The lowest BCUT2D eigenvalue weighted by atomic mass is 10.1. The van der Waals surface area contributed by atoms with Crippen LogP contribution < -0.4 is 10.6 Å². The third kappa shape index (κ3) is 4.21. The van der Waals surface area contributed by atoms with E-state index in [1.165, 1.54) is 0 Å². The van der Waals surface area contributed by atoms with E-state index in [-0.39, 0.29) is 18.1 Å². The highest BCUT2D eigenvalue weighted by Gasteiger charge is 2.42. The molecule has 5 heteroatoms. The molecule has 2 rings (SSSR count). The number of carbonyl (C=O) groups is 1. The van der Waals surface area contributed by atoms with Crippen molar-refractivity contribution in [1.29, 1.82) is 0 Å². The van der Waals surface area contributed by atoms with Crippen LogP contribution in [0.1, 0.15) is 25.3 Å². The van der Waals surface area contributed by atoms with Gasteiger partial charge < -0.3 is 20.5 Å². The Morgan fingerprint density at radius 3 is 2.90 bits per heavy atom. The van der Waals surface area contributed by atoms with Gasteiger partial charge in [0.05, 0.1) is 13.2 Å². The van der Waals surface area contributed by atoms with E-state index in [4.69, 9.17) is 4.74 Å². The summed E-state index contributed by atoms with van der Waals surface area (Å²) in [4.78, 5) is 11.8. The van der Waals surface area contributed by atoms with Crippen LogP contribution in [0.3, 0.4) is 0 Å². The SMILES string of the molecule is CCOCc1cccc(NC(=O)NCC2(CO)CC2)c1. The molecule has 0 saturated heterocycles. The monoisotopic (exact) mass is 278 g/mol. The number of urea groups is 1. The zero-order valence-electron chi connectivity index (χ0n) is 11.8. The summed E-state index contributed by atoms with van der Waals surface area (Å²) in [5.41, 5.74) is 1.70. The highest BCUT2D eigenvalue weighted by atomic mass is 16.5. The van der Waals surface area contributed by atoms with Crippen LogP contribution in [0.2, 0.25) is 0 Å². The lowest BCUT2D eigenvalue weighted by Crippen LogP contribution is -2.35. The molecule has 1 saturated carbocycles. The smallest absolute Gasteiger partial charge is 0.319 e. The second kappa shape index (κ2) is 6.72. The molecule has 0 aromatic heterocycles. The van der Waals surface area contributed by atoms with E-state index in [1.54, 1.807) is 0 Å². The Balaban J connectivity index is 1.81. The minimum absolute atomic E-state index is 0.0752. The highest BCUT2D eigenvalue weighted by Crippen LogP contribution is 2.44. The minimum Gasteiger partial charge on any atom is -0.396 e. The van der Waals surface area contributed by atoms with Crippen molar-refractivity contribution in [3.8, 4) is 0 Å². The van der Waals surface area contributed by atoms with Crippen molar-refractivity contribution in [3.05, 3.63) is 29.8 Å². The quantitative estimate of drug-likeness (QED) is 0.715. The predicted octanol–water partition coefficient (Wildman–Crippen LogP) is 2.12. The molecule has 1 fully saturated rings. The van der Waals surface area contributed by atoms with E-state index >= 15 is 0 Å². The molecule has 3 N–H and O–H groups in total. The molecule has 20 heavy (non-hydrogen) atoms. The van der Waals surface area contributed by atoms with Gasteiger partial charge in [0.2, 0.25) is 0 Å². The summed E-state index contributed by atoms with van der Waals surface area (Å²) in [7, 11) is 0. The first-order valence-corrected chi connectivity index (χ1v) is 7.00. The Morgan fingerprint density at radius 2 is 2.25 bits per heavy atom. The molecule has 0 aliphatic heterocycles. The van der Waals surface area contributed by atoms with Gasteiger partial charge in [-0.3, -0.25) is 0 Å². The maximum atomic E-state index is 11.8. The molecule has 0 spiro atoms. The number of amides is 2. The van der Waals surface area contributed by atoms with Crippen molar-refractivity contribution in [3.63, 3.8) is 0 Å². The number of ether oxygens (including phenoxy) is 1. The van der Waals surface area contributed by atoms with Crippen molar-refractivity contribution in [1.82, 2.24) is 5.32 Å². The molecule has 2 amide bonds. The summed E-state index contributed by atoms with van der Waals surface area (Å²) >= 11 is 0. The van der Waals surface area contributed by atoms with Gasteiger partial charge in [-0.15, -0.1) is 0 Å². The molecular weight excluding hydrogens is 256 g/mol. The Bertz CT molecular complexity index is 458. The third-order valence-electron chi connectivity index (χ3n) is 3.57. The van der Waals surface area contributed by atoms with Gasteiger partial charge in [-0.05, 0) is 37.5 Å². The van der Waals surface area contributed by atoms with Crippen LogP contribution in [0, 0.1) is 5.41 Å². The lowest BCUT2D eigenvalue weighted by molar-refractivity contribution is 0.134. The van der Waals surface area contributed by atoms with Crippen molar-refractivity contribution in [2.45, 2.75) is 26.4 Å². The molecule has 0 unspecified atom stereocenters. The second-order valence-corrected chi connectivity index (χ2v) is 5.30. The topological polar surface area (TPSA) is 70.6 Å². The van der Waals surface area contributed by atoms with Crippen LogP contribution in [-0.2, 0) is 11.3 Å². The van der Waals surface area contributed by atoms with Crippen LogP contribution in [0.15, 0.2) is 24.3 Å². The summed E-state index contributed by atoms with van der Waals surface area (Å²) in [5, 5.41) is 14.8. The summed E-state index contributed by atoms with van der Waals surface area (Å²) in [6.07, 6.45) is 1.96. The zero-order valence-corrected chi connectivity index (χ0v) is 11.8. The molecule has 1 aliphatic rings. The molecule has 5 nitrogen and oxygen atoms in total. The van der Waals surface area contributed by atoms with Crippen molar-refractivity contribution in [2.24, 2.45) is 5.41 Å². The molecule has 0 bridgehead atoms. The van der Waals surface area contributed by atoms with E-state index in [9.17, 15) is 9.90 Å². The fourth-order valence-corrected chi connectivity index (χ4v) is 1.97. The first-order chi connectivity index (χ1) is 9.67. The fraction of sp³-hybridized carbons (Fsp3) is 0.533. The number of benzene rings is 1. The van der Waals surface area contributed by atoms with E-state index in [2.05, 4.69) is 10.6 Å². The Labute approximate surface area is 119 Å². The number of rotatable bonds is 7. The van der Waals surface area contributed by atoms with Gasteiger partial charge in [0.25, 0.3) is 0 Å². The van der Waals surface area contributed by atoms with E-state index in [0.717, 1.165) is 24.1 Å². The van der Waals surface area contributed by atoms with Crippen molar-refractivity contribution >= 4 is 11.7 Å². The number of aliphatic hydroxyl groups is 1. The Morgan fingerprint density at radius 1 is 1.45 bits per heavy atom. The normalized spacial score (nSPS) is 15.7. The third-order valence-corrected chi connectivity index (χ3v) is 3.57. The number of aliphatic hydroxyl groups excluding tert-OH is 1. The van der Waals surface area contributed by atoms with Gasteiger partial charge in [0.15, 0.2) is 0 Å². The van der Waals surface area contributed by atoms with Gasteiger partial charge in [0.1, 0.15) is 0 Å². The van der Waals surface area contributed by atoms with Gasteiger partial charge in [0, 0.05) is 24.3 Å². The van der Waals surface area contributed by atoms with Crippen LogP contribution in [0.5, 0.6) is 0 Å². The lowest BCUT2D eigenvalue weighted by Gasteiger charge is -2.13. The number of carbonyl (C=O) groups excluding carboxylic acids is 1. The fourth-order valence-electron chi connectivity index (χ4n) is 1.97. The first-order valence-electron chi connectivity index (χ1n) is 7.00. The molecule has 110 valence electrons. The molecule has 0 atom stereocenters. The maximum Gasteiger partial charge on any atom is 0.319 e. The van der Waals surface area contributed by atoms with Gasteiger partial charge in [-0.2, -0.15) is 0 Å².